The maximum atomic E-state index is 12.4. The Kier molecular flexibility index (Phi) is 10.6. The average molecular weight is 447 g/mol. The van der Waals surface area contributed by atoms with E-state index >= 15 is 0 Å². The zero-order chi connectivity index (χ0) is 18.4. The Bertz CT molecular complexity index is 738. The maximum Gasteiger partial charge on any atom is 0.224 e. The van der Waals surface area contributed by atoms with Gasteiger partial charge in [0.25, 0.3) is 0 Å². The zero-order valence-corrected chi connectivity index (χ0v) is 17.9. The molecule has 0 aromatic heterocycles. The van der Waals surface area contributed by atoms with Gasteiger partial charge in [0, 0.05) is 30.3 Å². The quantitative estimate of drug-likeness (QED) is 0.667. The number of nitrogens with zero attached hydrogens (tertiary/aromatic N) is 1. The van der Waals surface area contributed by atoms with Crippen LogP contribution < -0.4 is 11.1 Å². The first kappa shape index (κ1) is 24.5. The third-order valence-corrected chi connectivity index (χ3v) is 4.93. The Labute approximate surface area is 183 Å². The van der Waals surface area contributed by atoms with Crippen LogP contribution in [0.1, 0.15) is 17.2 Å². The molecule has 0 spiro atoms. The van der Waals surface area contributed by atoms with Crippen molar-refractivity contribution < 1.29 is 9.53 Å². The minimum atomic E-state index is -0.0138. The Morgan fingerprint density at radius 3 is 2.39 bits per heavy atom. The van der Waals surface area contributed by atoms with Crippen LogP contribution in [0.4, 0.5) is 5.69 Å². The maximum absolute atomic E-state index is 12.4. The van der Waals surface area contributed by atoms with Crippen LogP contribution in [-0.2, 0) is 16.0 Å². The second-order valence-corrected chi connectivity index (χ2v) is 6.82. The van der Waals surface area contributed by atoms with Gasteiger partial charge in [0.2, 0.25) is 5.91 Å². The molecule has 1 aliphatic rings. The van der Waals surface area contributed by atoms with Crippen LogP contribution in [0, 0.1) is 0 Å². The molecule has 0 bridgehead atoms. The van der Waals surface area contributed by atoms with Crippen LogP contribution in [0.25, 0.3) is 0 Å². The molecule has 1 saturated heterocycles. The molecule has 2 aromatic carbocycles. The summed E-state index contributed by atoms with van der Waals surface area (Å²) in [6.45, 7) is 3.55. The van der Waals surface area contributed by atoms with Gasteiger partial charge in [-0.25, -0.2) is 0 Å². The predicted octanol–water partition coefficient (Wildman–Crippen LogP) is 3.50. The number of ether oxygens (including phenoxy) is 1. The third kappa shape index (κ3) is 6.83. The molecule has 0 saturated carbocycles. The van der Waals surface area contributed by atoms with Gasteiger partial charge in [-0.15, -0.1) is 24.8 Å². The summed E-state index contributed by atoms with van der Waals surface area (Å²) < 4.78 is 5.46. The van der Waals surface area contributed by atoms with Crippen molar-refractivity contribution in [1.82, 2.24) is 10.2 Å². The second-order valence-electron chi connectivity index (χ2n) is 6.41. The molecule has 28 heavy (non-hydrogen) atoms. The van der Waals surface area contributed by atoms with Gasteiger partial charge in [0.1, 0.15) is 0 Å². The van der Waals surface area contributed by atoms with E-state index in [4.69, 9.17) is 22.1 Å². The summed E-state index contributed by atoms with van der Waals surface area (Å²) in [6, 6.07) is 15.2. The fraction of sp³-hybridized carbons (Fsp3) is 0.350. The highest BCUT2D eigenvalue weighted by Crippen LogP contribution is 2.27. The van der Waals surface area contributed by atoms with Crippen LogP contribution in [-0.4, -0.2) is 43.7 Å². The smallest absolute Gasteiger partial charge is 0.224 e. The van der Waals surface area contributed by atoms with Crippen molar-refractivity contribution >= 4 is 48.0 Å². The number of amides is 1. The normalized spacial score (nSPS) is 15.0. The van der Waals surface area contributed by atoms with Gasteiger partial charge < -0.3 is 15.8 Å². The topological polar surface area (TPSA) is 67.6 Å². The number of nitrogens with two attached hydrogens (primary N) is 1. The largest absolute Gasteiger partial charge is 0.399 e. The van der Waals surface area contributed by atoms with Crippen molar-refractivity contribution in [1.29, 1.82) is 0 Å². The molecule has 3 N–H and O–H groups in total. The summed E-state index contributed by atoms with van der Waals surface area (Å²) >= 11 is 6.42. The van der Waals surface area contributed by atoms with Crippen molar-refractivity contribution in [2.75, 3.05) is 38.6 Å². The number of hydrogen-bond donors (Lipinski definition) is 2. The highest BCUT2D eigenvalue weighted by Gasteiger charge is 2.24. The van der Waals surface area contributed by atoms with E-state index in [0.717, 1.165) is 29.2 Å². The number of carbonyl (C=O) groups excluding carboxylic acids is 1. The number of rotatable bonds is 6. The lowest BCUT2D eigenvalue weighted by Crippen LogP contribution is -2.44. The molecule has 154 valence electrons. The molecule has 1 atom stereocenters. The second kappa shape index (κ2) is 12.1. The first-order valence-corrected chi connectivity index (χ1v) is 9.18. The minimum Gasteiger partial charge on any atom is -0.399 e. The van der Waals surface area contributed by atoms with Crippen molar-refractivity contribution in [3.63, 3.8) is 0 Å². The number of hydrogen-bond acceptors (Lipinski definition) is 4. The Hall–Kier alpha value is -1.50. The lowest BCUT2D eigenvalue weighted by atomic mass is 10.0. The molecule has 0 radical (unpaired) electrons. The minimum absolute atomic E-state index is 0. The zero-order valence-electron chi connectivity index (χ0n) is 15.5. The summed E-state index contributed by atoms with van der Waals surface area (Å²) in [5, 5.41) is 3.78. The number of benzene rings is 2. The van der Waals surface area contributed by atoms with E-state index < -0.39 is 0 Å². The molecule has 2 aromatic rings. The van der Waals surface area contributed by atoms with Crippen LogP contribution in [0.2, 0.25) is 5.02 Å². The summed E-state index contributed by atoms with van der Waals surface area (Å²) in [7, 11) is 0. The van der Waals surface area contributed by atoms with Crippen LogP contribution in [0.15, 0.2) is 48.5 Å². The molecular weight excluding hydrogens is 421 g/mol. The summed E-state index contributed by atoms with van der Waals surface area (Å²) in [4.78, 5) is 14.7. The molecule has 1 heterocycles. The summed E-state index contributed by atoms with van der Waals surface area (Å²) in [5.41, 5.74) is 8.36. The van der Waals surface area contributed by atoms with Crippen molar-refractivity contribution in [2.24, 2.45) is 0 Å². The molecule has 1 unspecified atom stereocenters. The van der Waals surface area contributed by atoms with Crippen LogP contribution >= 0.6 is 36.4 Å². The number of carbonyl (C=O) groups is 1. The molecule has 1 aliphatic heterocycles. The van der Waals surface area contributed by atoms with Gasteiger partial charge in [0.05, 0.1) is 25.7 Å². The number of anilines is 1. The van der Waals surface area contributed by atoms with Gasteiger partial charge in [-0.1, -0.05) is 41.9 Å². The Morgan fingerprint density at radius 2 is 1.75 bits per heavy atom. The van der Waals surface area contributed by atoms with Crippen LogP contribution in [0.3, 0.4) is 0 Å². The molecule has 0 aliphatic carbocycles. The Balaban J connectivity index is 0.00000196. The molecular formula is C20H26Cl3N3O2. The van der Waals surface area contributed by atoms with E-state index in [1.807, 2.05) is 48.5 Å². The van der Waals surface area contributed by atoms with E-state index in [1.165, 1.54) is 0 Å². The lowest BCUT2D eigenvalue weighted by Gasteiger charge is -2.35. The summed E-state index contributed by atoms with van der Waals surface area (Å²) in [5.74, 6) is -0.0138. The van der Waals surface area contributed by atoms with Crippen molar-refractivity contribution in [3.8, 4) is 0 Å². The Morgan fingerprint density at radius 1 is 1.11 bits per heavy atom. The van der Waals surface area contributed by atoms with Gasteiger partial charge in [0.15, 0.2) is 0 Å². The number of nitrogens with one attached hydrogen (secondary N) is 1. The van der Waals surface area contributed by atoms with Gasteiger partial charge in [-0.2, -0.15) is 0 Å². The fourth-order valence-electron chi connectivity index (χ4n) is 3.16. The fourth-order valence-corrected chi connectivity index (χ4v) is 3.43. The van der Waals surface area contributed by atoms with Crippen molar-refractivity contribution in [2.45, 2.75) is 12.5 Å². The highest BCUT2D eigenvalue weighted by atomic mass is 35.5. The van der Waals surface area contributed by atoms with E-state index in [0.29, 0.717) is 31.9 Å². The van der Waals surface area contributed by atoms with Gasteiger partial charge >= 0.3 is 0 Å². The molecule has 1 amide bonds. The average Bonchev–Trinajstić information content (AvgIpc) is 2.66. The highest BCUT2D eigenvalue weighted by molar-refractivity contribution is 6.31. The SMILES string of the molecule is Cl.Cl.Nc1ccc(CC(=O)NCC(c2ccccc2Cl)N2CCOCC2)cc1. The number of morpholine rings is 1. The van der Waals surface area contributed by atoms with Gasteiger partial charge in [-0.05, 0) is 29.3 Å². The third-order valence-electron chi connectivity index (χ3n) is 4.59. The number of nitrogen functional groups attached to an aromatic ring is 1. The first-order chi connectivity index (χ1) is 12.6. The van der Waals surface area contributed by atoms with E-state index in [1.54, 1.807) is 0 Å². The van der Waals surface area contributed by atoms with Crippen molar-refractivity contribution in [3.05, 3.63) is 64.7 Å². The van der Waals surface area contributed by atoms with Gasteiger partial charge in [-0.3, -0.25) is 9.69 Å². The molecule has 8 heteroatoms. The molecule has 5 nitrogen and oxygen atoms in total. The first-order valence-electron chi connectivity index (χ1n) is 8.81. The van der Waals surface area contributed by atoms with Crippen LogP contribution in [0.5, 0.6) is 0 Å². The lowest BCUT2D eigenvalue weighted by molar-refractivity contribution is -0.120. The predicted molar refractivity (Wildman–Crippen MR) is 119 cm³/mol. The number of halogens is 3. The molecule has 3 rings (SSSR count). The standard InChI is InChI=1S/C20H24ClN3O2.2ClH/c21-18-4-2-1-3-17(18)19(24-9-11-26-12-10-24)14-23-20(25)13-15-5-7-16(22)8-6-15;;/h1-8,19H,9-14,22H2,(H,23,25);2*1H. The van der Waals surface area contributed by atoms with E-state index in [-0.39, 0.29) is 36.8 Å². The van der Waals surface area contributed by atoms with E-state index in [9.17, 15) is 4.79 Å². The van der Waals surface area contributed by atoms with E-state index in [2.05, 4.69) is 10.2 Å². The summed E-state index contributed by atoms with van der Waals surface area (Å²) in [6.07, 6.45) is 0.332. The monoisotopic (exact) mass is 445 g/mol. The molecule has 1 fully saturated rings.